The summed E-state index contributed by atoms with van der Waals surface area (Å²) >= 11 is 1.34. The number of ether oxygens (including phenoxy) is 1. The van der Waals surface area contributed by atoms with Gasteiger partial charge in [0.05, 0.1) is 4.92 Å². The molecule has 6 nitrogen and oxygen atoms in total. The van der Waals surface area contributed by atoms with Crippen LogP contribution in [-0.4, -0.2) is 14.9 Å². The van der Waals surface area contributed by atoms with E-state index in [1.165, 1.54) is 36.0 Å². The van der Waals surface area contributed by atoms with Gasteiger partial charge in [0.25, 0.3) is 5.69 Å². The molecule has 1 aromatic heterocycles. The summed E-state index contributed by atoms with van der Waals surface area (Å²) in [6.45, 7) is 1.80. The Morgan fingerprint density at radius 3 is 2.73 bits per heavy atom. The van der Waals surface area contributed by atoms with Gasteiger partial charge in [-0.1, -0.05) is 30.0 Å². The lowest BCUT2D eigenvalue weighted by atomic mass is 10.2. The Balaban J connectivity index is 1.73. The number of non-ortho nitro benzene ring substituents is 1. The highest BCUT2D eigenvalue weighted by Gasteiger charge is 2.09. The van der Waals surface area contributed by atoms with Crippen molar-refractivity contribution < 1.29 is 14.1 Å². The number of aromatic nitrogens is 2. The molecule has 0 saturated heterocycles. The number of hydrogen-bond donors (Lipinski definition) is 0. The highest BCUT2D eigenvalue weighted by molar-refractivity contribution is 7.98. The third-order valence-electron chi connectivity index (χ3n) is 3.32. The number of benzene rings is 2. The maximum atomic E-state index is 13.3. The molecule has 2 aromatic carbocycles. The summed E-state index contributed by atoms with van der Waals surface area (Å²) in [6.07, 6.45) is 0. The van der Waals surface area contributed by atoms with Crippen molar-refractivity contribution in [3.63, 3.8) is 0 Å². The van der Waals surface area contributed by atoms with E-state index >= 15 is 0 Å². The van der Waals surface area contributed by atoms with Crippen LogP contribution in [0.5, 0.6) is 11.6 Å². The Hall–Kier alpha value is -3.00. The van der Waals surface area contributed by atoms with Crippen LogP contribution in [0.25, 0.3) is 0 Å². The minimum absolute atomic E-state index is 0.0448. The molecule has 132 valence electrons. The molecule has 0 spiro atoms. The predicted octanol–water partition coefficient (Wildman–Crippen LogP) is 4.92. The van der Waals surface area contributed by atoms with Gasteiger partial charge in [0.1, 0.15) is 11.6 Å². The molecular formula is C18H14FN3O3S. The Labute approximate surface area is 153 Å². The molecule has 0 aliphatic carbocycles. The van der Waals surface area contributed by atoms with Gasteiger partial charge in [-0.25, -0.2) is 9.37 Å². The first kappa shape index (κ1) is 17.8. The summed E-state index contributed by atoms with van der Waals surface area (Å²) in [7, 11) is 0. The van der Waals surface area contributed by atoms with Crippen LogP contribution in [0.15, 0.2) is 59.8 Å². The topological polar surface area (TPSA) is 78.2 Å². The van der Waals surface area contributed by atoms with Gasteiger partial charge in [-0.05, 0) is 24.6 Å². The van der Waals surface area contributed by atoms with Crippen LogP contribution in [0.4, 0.5) is 10.1 Å². The van der Waals surface area contributed by atoms with E-state index in [1.54, 1.807) is 37.3 Å². The highest BCUT2D eigenvalue weighted by atomic mass is 32.2. The quantitative estimate of drug-likeness (QED) is 0.265. The largest absolute Gasteiger partial charge is 0.439 e. The van der Waals surface area contributed by atoms with Crippen molar-refractivity contribution >= 4 is 17.4 Å². The summed E-state index contributed by atoms with van der Waals surface area (Å²) in [5, 5.41) is 11.3. The molecule has 0 saturated carbocycles. The minimum atomic E-state index is -0.428. The first-order valence-corrected chi connectivity index (χ1v) is 8.63. The molecule has 0 atom stereocenters. The number of nitrogens with zero attached hydrogens (tertiary/aromatic N) is 3. The second kappa shape index (κ2) is 7.92. The fourth-order valence-electron chi connectivity index (χ4n) is 2.19. The minimum Gasteiger partial charge on any atom is -0.439 e. The van der Waals surface area contributed by atoms with E-state index in [-0.39, 0.29) is 5.69 Å². The summed E-state index contributed by atoms with van der Waals surface area (Å²) in [5.74, 6) is 0.737. The number of aryl methyl sites for hydroxylation is 1. The van der Waals surface area contributed by atoms with Gasteiger partial charge in [-0.2, -0.15) is 4.98 Å². The second-order valence-corrected chi connectivity index (χ2v) is 6.35. The SMILES string of the molecule is Cc1cc(Oc2cccc(F)c2)nc(SCc2cccc([N+](=O)[O-])c2)n1. The normalized spacial score (nSPS) is 10.5. The lowest BCUT2D eigenvalue weighted by Gasteiger charge is -2.08. The molecule has 0 unspecified atom stereocenters. The summed E-state index contributed by atoms with van der Waals surface area (Å²) in [5.41, 5.74) is 1.54. The molecule has 0 aliphatic rings. The van der Waals surface area contributed by atoms with Crippen LogP contribution in [0, 0.1) is 22.9 Å². The Morgan fingerprint density at radius 1 is 1.15 bits per heavy atom. The molecule has 8 heteroatoms. The average Bonchev–Trinajstić information content (AvgIpc) is 2.60. The number of thioether (sulfide) groups is 1. The van der Waals surface area contributed by atoms with E-state index in [2.05, 4.69) is 9.97 Å². The third-order valence-corrected chi connectivity index (χ3v) is 4.24. The van der Waals surface area contributed by atoms with Gasteiger partial charge in [0.15, 0.2) is 5.16 Å². The maximum absolute atomic E-state index is 13.3. The number of hydrogen-bond acceptors (Lipinski definition) is 6. The third kappa shape index (κ3) is 4.76. The first-order chi connectivity index (χ1) is 12.5. The van der Waals surface area contributed by atoms with Crippen molar-refractivity contribution in [1.29, 1.82) is 0 Å². The van der Waals surface area contributed by atoms with Crippen LogP contribution in [0.3, 0.4) is 0 Å². The average molecular weight is 371 g/mol. The van der Waals surface area contributed by atoms with E-state index in [4.69, 9.17) is 4.74 Å². The van der Waals surface area contributed by atoms with E-state index in [0.29, 0.717) is 28.2 Å². The molecular weight excluding hydrogens is 357 g/mol. The maximum Gasteiger partial charge on any atom is 0.269 e. The zero-order valence-electron chi connectivity index (χ0n) is 13.8. The van der Waals surface area contributed by atoms with Gasteiger partial charge in [-0.15, -0.1) is 0 Å². The second-order valence-electron chi connectivity index (χ2n) is 5.41. The van der Waals surface area contributed by atoms with Crippen molar-refractivity contribution in [2.75, 3.05) is 0 Å². The molecule has 1 heterocycles. The zero-order chi connectivity index (χ0) is 18.5. The lowest BCUT2D eigenvalue weighted by molar-refractivity contribution is -0.384. The molecule has 3 rings (SSSR count). The predicted molar refractivity (Wildman–Crippen MR) is 95.9 cm³/mol. The Kier molecular flexibility index (Phi) is 5.43. The first-order valence-electron chi connectivity index (χ1n) is 7.65. The van der Waals surface area contributed by atoms with Crippen molar-refractivity contribution in [2.45, 2.75) is 17.8 Å². The van der Waals surface area contributed by atoms with E-state index < -0.39 is 10.7 Å². The molecule has 0 bridgehead atoms. The summed E-state index contributed by atoms with van der Waals surface area (Å²) in [4.78, 5) is 19.1. The molecule has 0 radical (unpaired) electrons. The fraction of sp³-hybridized carbons (Fsp3) is 0.111. The van der Waals surface area contributed by atoms with Crippen LogP contribution in [0.1, 0.15) is 11.3 Å². The molecule has 0 aliphatic heterocycles. The van der Waals surface area contributed by atoms with Crippen LogP contribution in [-0.2, 0) is 5.75 Å². The van der Waals surface area contributed by atoms with E-state index in [0.717, 1.165) is 5.56 Å². The zero-order valence-corrected chi connectivity index (χ0v) is 14.6. The lowest BCUT2D eigenvalue weighted by Crippen LogP contribution is -1.96. The van der Waals surface area contributed by atoms with Gasteiger partial charge >= 0.3 is 0 Å². The van der Waals surface area contributed by atoms with Crippen molar-refractivity contribution in [3.8, 4) is 11.6 Å². The molecule has 26 heavy (non-hydrogen) atoms. The fourth-order valence-corrected chi connectivity index (χ4v) is 3.03. The van der Waals surface area contributed by atoms with Crippen LogP contribution < -0.4 is 4.74 Å². The number of halogens is 1. The Bertz CT molecular complexity index is 952. The molecule has 0 N–H and O–H groups in total. The monoisotopic (exact) mass is 371 g/mol. The molecule has 0 amide bonds. The van der Waals surface area contributed by atoms with Crippen LogP contribution >= 0.6 is 11.8 Å². The number of nitro groups is 1. The van der Waals surface area contributed by atoms with Gasteiger partial charge in [-0.3, -0.25) is 10.1 Å². The standard InChI is InChI=1S/C18H14FN3O3S/c1-12-8-17(25-16-7-3-5-14(19)10-16)21-18(20-12)26-11-13-4-2-6-15(9-13)22(23)24/h2-10H,11H2,1H3. The number of rotatable bonds is 6. The van der Waals surface area contributed by atoms with E-state index in [9.17, 15) is 14.5 Å². The molecule has 0 fully saturated rings. The van der Waals surface area contributed by atoms with Crippen molar-refractivity contribution in [2.24, 2.45) is 0 Å². The number of nitro benzene ring substituents is 1. The van der Waals surface area contributed by atoms with Gasteiger partial charge in [0, 0.05) is 35.7 Å². The molecule has 3 aromatic rings. The summed E-state index contributed by atoms with van der Waals surface area (Å²) < 4.78 is 18.9. The van der Waals surface area contributed by atoms with Gasteiger partial charge in [0.2, 0.25) is 5.88 Å². The van der Waals surface area contributed by atoms with Crippen molar-refractivity contribution in [3.05, 3.63) is 81.8 Å². The summed E-state index contributed by atoms with van der Waals surface area (Å²) in [6, 6.07) is 13.9. The van der Waals surface area contributed by atoms with E-state index in [1.807, 2.05) is 0 Å². The smallest absolute Gasteiger partial charge is 0.269 e. The van der Waals surface area contributed by atoms with Crippen LogP contribution in [0.2, 0.25) is 0 Å². The highest BCUT2D eigenvalue weighted by Crippen LogP contribution is 2.26. The van der Waals surface area contributed by atoms with Crippen molar-refractivity contribution in [1.82, 2.24) is 9.97 Å². The van der Waals surface area contributed by atoms with Gasteiger partial charge < -0.3 is 4.74 Å². The Morgan fingerprint density at radius 2 is 1.96 bits per heavy atom.